The number of carbonyl (C=O) groups excluding carboxylic acids is 2. The van der Waals surface area contributed by atoms with Crippen LogP contribution < -0.4 is 10.2 Å². The molecule has 120 valence electrons. The Kier molecular flexibility index (Phi) is 23.8. The molecular weight excluding hydrogens is 322 g/mol. The van der Waals surface area contributed by atoms with E-state index in [0.29, 0.717) is 6.42 Å². The fourth-order valence-corrected chi connectivity index (χ4v) is 1.81. The maximum absolute atomic E-state index is 10.3. The number of unbranched alkanes of at least 4 members (excludes halogenated alkanes) is 5. The molecule has 0 aliphatic rings. The van der Waals surface area contributed by atoms with E-state index in [-0.39, 0.29) is 31.8 Å². The van der Waals surface area contributed by atoms with Gasteiger partial charge in [0.1, 0.15) is 0 Å². The van der Waals surface area contributed by atoms with Crippen LogP contribution in [-0.4, -0.2) is 11.9 Å². The third kappa shape index (κ3) is 22.0. The third-order valence-electron chi connectivity index (χ3n) is 3.22. The van der Waals surface area contributed by atoms with Crippen molar-refractivity contribution in [2.75, 3.05) is 0 Å². The summed E-state index contributed by atoms with van der Waals surface area (Å²) in [6.45, 7) is 6.08. The summed E-state index contributed by atoms with van der Waals surface area (Å²) in [6.07, 6.45) is 9.13. The van der Waals surface area contributed by atoms with Crippen molar-refractivity contribution in [3.8, 4) is 0 Å². The van der Waals surface area contributed by atoms with Gasteiger partial charge >= 0.3 is 19.5 Å². The average molecular weight is 352 g/mol. The quantitative estimate of drug-likeness (QED) is 0.421. The second kappa shape index (κ2) is 19.6. The zero-order valence-corrected chi connectivity index (χ0v) is 17.0. The first-order chi connectivity index (χ1) is 9.49. The molecule has 0 fully saturated rings. The van der Waals surface area contributed by atoms with Crippen LogP contribution in [0.15, 0.2) is 0 Å². The standard InChI is InChI=1S/2C8H16O2.Zn/c1-3-5-6-7(4-2)8(9)10;1-2-3-4-5-6-7-8(9)10;/h7H,3-6H2,1-2H3,(H,9,10);2-7H2,1H3,(H,9,10);/q;;+2/p-2. The van der Waals surface area contributed by atoms with Crippen LogP contribution in [0, 0.1) is 5.92 Å². The number of aliphatic carboxylic acids is 2. The van der Waals surface area contributed by atoms with E-state index in [9.17, 15) is 19.8 Å². The third-order valence-corrected chi connectivity index (χ3v) is 3.22. The summed E-state index contributed by atoms with van der Waals surface area (Å²) in [5.74, 6) is -2.03. The van der Waals surface area contributed by atoms with Crippen molar-refractivity contribution in [1.82, 2.24) is 0 Å². The monoisotopic (exact) mass is 350 g/mol. The Labute approximate surface area is 142 Å². The van der Waals surface area contributed by atoms with Gasteiger partial charge in [0.05, 0.1) is 0 Å². The molecule has 0 radical (unpaired) electrons. The smallest absolute Gasteiger partial charge is 0.550 e. The van der Waals surface area contributed by atoms with Crippen LogP contribution in [0.3, 0.4) is 0 Å². The first-order valence-electron chi connectivity index (χ1n) is 7.90. The molecule has 0 heterocycles. The van der Waals surface area contributed by atoms with E-state index in [1.807, 2.05) is 6.92 Å². The Morgan fingerprint density at radius 3 is 1.76 bits per heavy atom. The Hall–Kier alpha value is -0.437. The van der Waals surface area contributed by atoms with Crippen molar-refractivity contribution in [3.63, 3.8) is 0 Å². The molecule has 0 amide bonds. The van der Waals surface area contributed by atoms with Gasteiger partial charge < -0.3 is 19.8 Å². The molecule has 0 rings (SSSR count). The summed E-state index contributed by atoms with van der Waals surface area (Å²) in [5, 5.41) is 20.2. The maximum atomic E-state index is 10.3. The van der Waals surface area contributed by atoms with Crippen molar-refractivity contribution in [2.45, 2.75) is 85.0 Å². The number of rotatable bonds is 11. The summed E-state index contributed by atoms with van der Waals surface area (Å²) in [6, 6.07) is 0. The largest absolute Gasteiger partial charge is 2.00 e. The van der Waals surface area contributed by atoms with Crippen molar-refractivity contribution in [1.29, 1.82) is 0 Å². The van der Waals surface area contributed by atoms with Crippen molar-refractivity contribution >= 4 is 11.9 Å². The Morgan fingerprint density at radius 2 is 1.38 bits per heavy atom. The summed E-state index contributed by atoms with van der Waals surface area (Å²) in [5.41, 5.74) is 0. The van der Waals surface area contributed by atoms with Crippen LogP contribution in [0.2, 0.25) is 0 Å². The SMILES string of the molecule is CCCCC(CC)C(=O)[O-].CCCCCCCC(=O)[O-].[Zn+2]. The number of carboxylic acid groups (broad SMARTS) is 2. The molecule has 0 bridgehead atoms. The van der Waals surface area contributed by atoms with Gasteiger partial charge in [0, 0.05) is 11.9 Å². The van der Waals surface area contributed by atoms with Crippen molar-refractivity contribution < 1.29 is 39.3 Å². The van der Waals surface area contributed by atoms with Crippen LogP contribution in [0.1, 0.15) is 85.0 Å². The van der Waals surface area contributed by atoms with Gasteiger partial charge in [-0.1, -0.05) is 59.3 Å². The van der Waals surface area contributed by atoms with E-state index in [4.69, 9.17) is 0 Å². The maximum Gasteiger partial charge on any atom is 2.00 e. The van der Waals surface area contributed by atoms with Crippen molar-refractivity contribution in [2.24, 2.45) is 5.92 Å². The minimum Gasteiger partial charge on any atom is -0.550 e. The molecule has 0 aromatic heterocycles. The van der Waals surface area contributed by atoms with E-state index in [2.05, 4.69) is 13.8 Å². The summed E-state index contributed by atoms with van der Waals surface area (Å²) >= 11 is 0. The van der Waals surface area contributed by atoms with E-state index >= 15 is 0 Å². The Balaban J connectivity index is -0.000000295. The van der Waals surface area contributed by atoms with Gasteiger partial charge in [-0.25, -0.2) is 0 Å². The number of hydrogen-bond donors (Lipinski definition) is 0. The zero-order valence-electron chi connectivity index (χ0n) is 14.0. The second-order valence-electron chi connectivity index (χ2n) is 5.10. The second-order valence-corrected chi connectivity index (χ2v) is 5.10. The van der Waals surface area contributed by atoms with Gasteiger partial charge in [0.2, 0.25) is 0 Å². The fourth-order valence-electron chi connectivity index (χ4n) is 1.81. The summed E-state index contributed by atoms with van der Waals surface area (Å²) in [4.78, 5) is 20.2. The minimum atomic E-state index is -0.920. The van der Waals surface area contributed by atoms with Crippen molar-refractivity contribution in [3.05, 3.63) is 0 Å². The minimum absolute atomic E-state index is 0. The predicted molar refractivity (Wildman–Crippen MR) is 76.7 cm³/mol. The molecule has 0 aromatic carbocycles. The van der Waals surface area contributed by atoms with Crippen LogP contribution in [0.4, 0.5) is 0 Å². The molecular formula is C16H30O4Zn. The zero-order chi connectivity index (χ0) is 15.8. The van der Waals surface area contributed by atoms with Gasteiger partial charge in [-0.2, -0.15) is 0 Å². The molecule has 5 heteroatoms. The van der Waals surface area contributed by atoms with Gasteiger partial charge in [0.25, 0.3) is 0 Å². The number of hydrogen-bond acceptors (Lipinski definition) is 4. The van der Waals surface area contributed by atoms with Crippen LogP contribution in [-0.2, 0) is 29.1 Å². The van der Waals surface area contributed by atoms with Gasteiger partial charge in [0.15, 0.2) is 0 Å². The summed E-state index contributed by atoms with van der Waals surface area (Å²) < 4.78 is 0. The van der Waals surface area contributed by atoms with Gasteiger partial charge in [-0.05, 0) is 31.6 Å². The van der Waals surface area contributed by atoms with E-state index in [0.717, 1.165) is 38.5 Å². The van der Waals surface area contributed by atoms with Gasteiger partial charge in [-0.3, -0.25) is 0 Å². The van der Waals surface area contributed by atoms with E-state index in [1.165, 1.54) is 12.8 Å². The molecule has 0 aliphatic carbocycles. The fraction of sp³-hybridized carbons (Fsp3) is 0.875. The van der Waals surface area contributed by atoms with Crippen LogP contribution in [0.5, 0.6) is 0 Å². The first-order valence-corrected chi connectivity index (χ1v) is 7.90. The average Bonchev–Trinajstić information content (AvgIpc) is 2.39. The molecule has 0 N–H and O–H groups in total. The molecule has 1 unspecified atom stereocenters. The number of carbonyl (C=O) groups is 2. The topological polar surface area (TPSA) is 80.3 Å². The summed E-state index contributed by atoms with van der Waals surface area (Å²) in [7, 11) is 0. The molecule has 0 aromatic rings. The van der Waals surface area contributed by atoms with Gasteiger partial charge in [-0.15, -0.1) is 0 Å². The molecule has 0 saturated heterocycles. The molecule has 21 heavy (non-hydrogen) atoms. The molecule has 0 saturated carbocycles. The molecule has 0 aliphatic heterocycles. The normalized spacial score (nSPS) is 10.8. The van der Waals surface area contributed by atoms with E-state index < -0.39 is 11.9 Å². The van der Waals surface area contributed by atoms with Crippen LogP contribution >= 0.6 is 0 Å². The molecule has 4 nitrogen and oxygen atoms in total. The molecule has 0 spiro atoms. The first kappa shape index (κ1) is 25.5. The predicted octanol–water partition coefficient (Wildman–Crippen LogP) is 2.05. The van der Waals surface area contributed by atoms with E-state index in [1.54, 1.807) is 0 Å². The Bertz CT molecular complexity index is 244. The van der Waals surface area contributed by atoms with Crippen LogP contribution in [0.25, 0.3) is 0 Å². The Morgan fingerprint density at radius 1 is 0.857 bits per heavy atom. The molecule has 1 atom stereocenters. The number of carboxylic acids is 2.